The Balaban J connectivity index is 2.25. The average Bonchev–Trinajstić information content (AvgIpc) is 2.57. The van der Waals surface area contributed by atoms with Crippen molar-refractivity contribution in [3.05, 3.63) is 34.3 Å². The van der Waals surface area contributed by atoms with Crippen LogP contribution in [0.15, 0.2) is 33.7 Å². The normalized spacial score (nSPS) is 13.2. The van der Waals surface area contributed by atoms with E-state index in [1.54, 1.807) is 19.2 Å². The molecule has 0 aliphatic carbocycles. The van der Waals surface area contributed by atoms with E-state index in [0.29, 0.717) is 31.0 Å². The zero-order valence-electron chi connectivity index (χ0n) is 15.4. The molecule has 0 aromatic heterocycles. The quantitative estimate of drug-likeness (QED) is 0.303. The van der Waals surface area contributed by atoms with Crippen LogP contribution >= 0.6 is 15.9 Å². The number of rotatable bonds is 9. The van der Waals surface area contributed by atoms with E-state index in [0.717, 1.165) is 10.9 Å². The van der Waals surface area contributed by atoms with Crippen molar-refractivity contribution in [2.75, 3.05) is 32.1 Å². The molecule has 0 bridgehead atoms. The van der Waals surface area contributed by atoms with Gasteiger partial charge >= 0.3 is 0 Å². The Morgan fingerprint density at radius 1 is 1.27 bits per heavy atom. The number of amides is 1. The van der Waals surface area contributed by atoms with E-state index in [-0.39, 0.29) is 17.7 Å². The van der Waals surface area contributed by atoms with Crippen molar-refractivity contribution in [2.45, 2.75) is 25.8 Å². The molecule has 0 radical (unpaired) electrons. The molecule has 0 fully saturated rings. The van der Waals surface area contributed by atoms with Crippen LogP contribution in [0, 0.1) is 0 Å². The second-order valence-corrected chi connectivity index (χ2v) is 9.26. The van der Waals surface area contributed by atoms with Crippen molar-refractivity contribution in [3.63, 3.8) is 0 Å². The summed E-state index contributed by atoms with van der Waals surface area (Å²) in [5.41, 5.74) is 0.615. The molecule has 1 unspecified atom stereocenters. The molecule has 0 spiro atoms. The Kier molecular flexibility index (Phi) is 9.64. The summed E-state index contributed by atoms with van der Waals surface area (Å²) in [6, 6.07) is 7.23. The van der Waals surface area contributed by atoms with E-state index in [9.17, 15) is 13.2 Å². The van der Waals surface area contributed by atoms with Crippen LogP contribution in [-0.4, -0.2) is 58.5 Å². The Morgan fingerprint density at radius 3 is 2.58 bits per heavy atom. The summed E-state index contributed by atoms with van der Waals surface area (Å²) >= 11 is 3.35. The van der Waals surface area contributed by atoms with E-state index in [4.69, 9.17) is 0 Å². The Hall–Kier alpha value is -1.61. The molecule has 0 saturated heterocycles. The van der Waals surface area contributed by atoms with Crippen LogP contribution in [0.3, 0.4) is 0 Å². The Labute approximate surface area is 164 Å². The molecule has 146 valence electrons. The highest BCUT2D eigenvalue weighted by Crippen LogP contribution is 2.11. The first-order valence-electron chi connectivity index (χ1n) is 8.40. The number of guanidine groups is 1. The molecule has 0 saturated carbocycles. The fourth-order valence-electron chi connectivity index (χ4n) is 2.12. The van der Waals surface area contributed by atoms with Crippen molar-refractivity contribution in [3.8, 4) is 0 Å². The fourth-order valence-corrected chi connectivity index (χ4v) is 3.30. The Morgan fingerprint density at radius 2 is 1.96 bits per heavy atom. The molecule has 1 amide bonds. The standard InChI is InChI=1S/C17H27BrN4O3S/c1-13(8-11-26(3,24)25)22-17(19-2)21-10-5-9-20-16(23)14-6-4-7-15(18)12-14/h4,6-7,12-13H,5,8-11H2,1-3H3,(H,20,23)(H2,19,21,22). The average molecular weight is 447 g/mol. The maximum Gasteiger partial charge on any atom is 0.251 e. The lowest BCUT2D eigenvalue weighted by molar-refractivity contribution is 0.0953. The summed E-state index contributed by atoms with van der Waals surface area (Å²) in [7, 11) is -1.30. The second-order valence-electron chi connectivity index (χ2n) is 6.08. The van der Waals surface area contributed by atoms with Gasteiger partial charge in [-0.05, 0) is 38.0 Å². The topological polar surface area (TPSA) is 99.7 Å². The minimum atomic E-state index is -2.96. The SMILES string of the molecule is CN=C(NCCCNC(=O)c1cccc(Br)c1)NC(C)CCS(C)(=O)=O. The molecule has 1 aromatic carbocycles. The third kappa shape index (κ3) is 9.76. The van der Waals surface area contributed by atoms with Gasteiger partial charge in [0.2, 0.25) is 0 Å². The number of benzene rings is 1. The van der Waals surface area contributed by atoms with Gasteiger partial charge in [0.25, 0.3) is 5.91 Å². The second kappa shape index (κ2) is 11.2. The van der Waals surface area contributed by atoms with E-state index < -0.39 is 9.84 Å². The van der Waals surface area contributed by atoms with Gasteiger partial charge < -0.3 is 16.0 Å². The summed E-state index contributed by atoms with van der Waals surface area (Å²) in [6.07, 6.45) is 2.48. The van der Waals surface area contributed by atoms with Crippen molar-refractivity contribution in [1.82, 2.24) is 16.0 Å². The van der Waals surface area contributed by atoms with Crippen LogP contribution in [0.5, 0.6) is 0 Å². The van der Waals surface area contributed by atoms with Crippen molar-refractivity contribution >= 4 is 37.6 Å². The molecule has 1 aromatic rings. The van der Waals surface area contributed by atoms with E-state index in [1.807, 2.05) is 19.1 Å². The number of aliphatic imine (C=N–C) groups is 1. The third-order valence-electron chi connectivity index (χ3n) is 3.55. The third-order valence-corrected chi connectivity index (χ3v) is 5.02. The van der Waals surface area contributed by atoms with Crippen LogP contribution in [0.2, 0.25) is 0 Å². The maximum atomic E-state index is 12.0. The number of carbonyl (C=O) groups excluding carboxylic acids is 1. The van der Waals surface area contributed by atoms with Gasteiger partial charge in [-0.2, -0.15) is 0 Å². The number of hydrogen-bond donors (Lipinski definition) is 3. The largest absolute Gasteiger partial charge is 0.356 e. The highest BCUT2D eigenvalue weighted by atomic mass is 79.9. The summed E-state index contributed by atoms with van der Waals surface area (Å²) in [5, 5.41) is 9.17. The fraction of sp³-hybridized carbons (Fsp3) is 0.529. The van der Waals surface area contributed by atoms with Gasteiger partial charge in [-0.15, -0.1) is 0 Å². The predicted octanol–water partition coefficient (Wildman–Crippen LogP) is 1.56. The minimum Gasteiger partial charge on any atom is -0.356 e. The molecular formula is C17H27BrN4O3S. The zero-order chi connectivity index (χ0) is 19.6. The van der Waals surface area contributed by atoms with E-state index in [2.05, 4.69) is 36.9 Å². The molecule has 1 atom stereocenters. The maximum absolute atomic E-state index is 12.0. The van der Waals surface area contributed by atoms with E-state index in [1.165, 1.54) is 6.26 Å². The lowest BCUT2D eigenvalue weighted by Crippen LogP contribution is -2.43. The summed E-state index contributed by atoms with van der Waals surface area (Å²) in [6.45, 7) is 3.09. The van der Waals surface area contributed by atoms with Crippen LogP contribution < -0.4 is 16.0 Å². The molecule has 0 aliphatic heterocycles. The summed E-state index contributed by atoms with van der Waals surface area (Å²) in [4.78, 5) is 16.1. The minimum absolute atomic E-state index is 0.00726. The van der Waals surface area contributed by atoms with Gasteiger partial charge in [0.1, 0.15) is 9.84 Å². The molecule has 7 nitrogen and oxygen atoms in total. The smallest absolute Gasteiger partial charge is 0.251 e. The molecule has 3 N–H and O–H groups in total. The number of hydrogen-bond acceptors (Lipinski definition) is 4. The lowest BCUT2D eigenvalue weighted by Gasteiger charge is -2.17. The molecule has 0 heterocycles. The van der Waals surface area contributed by atoms with Gasteiger partial charge in [-0.1, -0.05) is 22.0 Å². The monoisotopic (exact) mass is 446 g/mol. The first-order chi connectivity index (χ1) is 12.2. The van der Waals surface area contributed by atoms with Gasteiger partial charge in [0, 0.05) is 42.5 Å². The molecular weight excluding hydrogens is 420 g/mol. The number of nitrogens with one attached hydrogen (secondary N) is 3. The summed E-state index contributed by atoms with van der Waals surface area (Å²) < 4.78 is 23.3. The zero-order valence-corrected chi connectivity index (χ0v) is 17.8. The van der Waals surface area contributed by atoms with Crippen LogP contribution in [0.4, 0.5) is 0 Å². The van der Waals surface area contributed by atoms with E-state index >= 15 is 0 Å². The van der Waals surface area contributed by atoms with Crippen molar-refractivity contribution in [2.24, 2.45) is 4.99 Å². The van der Waals surface area contributed by atoms with Gasteiger partial charge in [0.05, 0.1) is 5.75 Å². The molecule has 9 heteroatoms. The van der Waals surface area contributed by atoms with Crippen molar-refractivity contribution < 1.29 is 13.2 Å². The van der Waals surface area contributed by atoms with Crippen LogP contribution in [0.1, 0.15) is 30.1 Å². The predicted molar refractivity (Wildman–Crippen MR) is 109 cm³/mol. The van der Waals surface area contributed by atoms with Gasteiger partial charge in [-0.25, -0.2) is 8.42 Å². The van der Waals surface area contributed by atoms with Crippen molar-refractivity contribution in [1.29, 1.82) is 0 Å². The number of nitrogens with zero attached hydrogens (tertiary/aromatic N) is 1. The lowest BCUT2D eigenvalue weighted by atomic mass is 10.2. The van der Waals surface area contributed by atoms with Gasteiger partial charge in [0.15, 0.2) is 5.96 Å². The Bertz CT molecular complexity index is 722. The summed E-state index contributed by atoms with van der Waals surface area (Å²) in [5.74, 6) is 0.646. The van der Waals surface area contributed by atoms with Crippen LogP contribution in [0.25, 0.3) is 0 Å². The highest BCUT2D eigenvalue weighted by Gasteiger charge is 2.09. The van der Waals surface area contributed by atoms with Gasteiger partial charge in [-0.3, -0.25) is 9.79 Å². The number of carbonyl (C=O) groups is 1. The molecule has 26 heavy (non-hydrogen) atoms. The highest BCUT2D eigenvalue weighted by molar-refractivity contribution is 9.10. The molecule has 1 rings (SSSR count). The number of sulfone groups is 1. The number of halogens is 1. The first kappa shape index (κ1) is 22.4. The molecule has 0 aliphatic rings. The van der Waals surface area contributed by atoms with Crippen LogP contribution in [-0.2, 0) is 9.84 Å². The first-order valence-corrected chi connectivity index (χ1v) is 11.3.